The third-order valence-electron chi connectivity index (χ3n) is 5.79. The van der Waals surface area contributed by atoms with Crippen LogP contribution in [0.5, 0.6) is 0 Å². The highest BCUT2D eigenvalue weighted by atomic mass is 16.2. The molecule has 28 heavy (non-hydrogen) atoms. The van der Waals surface area contributed by atoms with Gasteiger partial charge in [0.2, 0.25) is 5.91 Å². The number of carbonyl (C=O) groups is 1. The molecule has 1 aliphatic carbocycles. The van der Waals surface area contributed by atoms with Crippen molar-refractivity contribution in [3.8, 4) is 11.3 Å². The Hall–Kier alpha value is -2.43. The summed E-state index contributed by atoms with van der Waals surface area (Å²) in [6.45, 7) is 6.86. The van der Waals surface area contributed by atoms with Gasteiger partial charge in [-0.25, -0.2) is 4.68 Å². The van der Waals surface area contributed by atoms with Crippen molar-refractivity contribution in [2.45, 2.75) is 65.5 Å². The zero-order chi connectivity index (χ0) is 20.1. The van der Waals surface area contributed by atoms with Crippen LogP contribution in [0.25, 0.3) is 11.3 Å². The molecule has 2 atom stereocenters. The maximum absolute atomic E-state index is 12.6. The van der Waals surface area contributed by atoms with E-state index in [0.29, 0.717) is 17.0 Å². The number of rotatable bonds is 4. The van der Waals surface area contributed by atoms with Crippen molar-refractivity contribution in [1.82, 2.24) is 15.1 Å². The Balaban J connectivity index is 1.63. The first-order chi connectivity index (χ1) is 13.3. The zero-order valence-electron chi connectivity index (χ0n) is 17.1. The van der Waals surface area contributed by atoms with Gasteiger partial charge in [-0.1, -0.05) is 57.5 Å². The normalized spacial score (nSPS) is 20.4. The molecular weight excluding hydrogens is 350 g/mol. The second-order valence-corrected chi connectivity index (χ2v) is 8.92. The molecule has 150 valence electrons. The van der Waals surface area contributed by atoms with Crippen molar-refractivity contribution in [1.29, 1.82) is 0 Å². The van der Waals surface area contributed by atoms with E-state index in [1.807, 2.05) is 30.3 Å². The van der Waals surface area contributed by atoms with Crippen LogP contribution in [0.1, 0.15) is 52.9 Å². The number of hydrogen-bond donors (Lipinski definition) is 1. The average molecular weight is 382 g/mol. The third-order valence-corrected chi connectivity index (χ3v) is 5.79. The van der Waals surface area contributed by atoms with Gasteiger partial charge in [-0.3, -0.25) is 9.59 Å². The molecule has 1 heterocycles. The van der Waals surface area contributed by atoms with E-state index in [1.54, 1.807) is 6.07 Å². The number of hydrogen-bond acceptors (Lipinski definition) is 3. The van der Waals surface area contributed by atoms with Crippen LogP contribution in [0.3, 0.4) is 0 Å². The van der Waals surface area contributed by atoms with Crippen molar-refractivity contribution in [3.05, 3.63) is 52.8 Å². The second-order valence-electron chi connectivity index (χ2n) is 8.92. The van der Waals surface area contributed by atoms with Gasteiger partial charge in [0.15, 0.2) is 0 Å². The summed E-state index contributed by atoms with van der Waals surface area (Å²) in [5.74, 6) is 0.556. The highest BCUT2D eigenvalue weighted by Gasteiger charge is 2.28. The molecule has 3 rings (SSSR count). The summed E-state index contributed by atoms with van der Waals surface area (Å²) in [4.78, 5) is 24.7. The second kappa shape index (κ2) is 8.72. The SMILES string of the molecule is CC(C)(C)C1CCCC(NC(=O)Cn2nc(-c3ccccc3)ccc2=O)CC1. The lowest BCUT2D eigenvalue weighted by molar-refractivity contribution is -0.122. The number of carbonyl (C=O) groups excluding carboxylic acids is 1. The molecule has 0 radical (unpaired) electrons. The quantitative estimate of drug-likeness (QED) is 0.814. The van der Waals surface area contributed by atoms with Gasteiger partial charge in [-0.2, -0.15) is 5.10 Å². The molecule has 2 unspecified atom stereocenters. The first kappa shape index (κ1) is 20.3. The van der Waals surface area contributed by atoms with Crippen LogP contribution in [0.15, 0.2) is 47.3 Å². The minimum Gasteiger partial charge on any atom is -0.352 e. The van der Waals surface area contributed by atoms with Crippen LogP contribution in [0, 0.1) is 11.3 Å². The highest BCUT2D eigenvalue weighted by molar-refractivity contribution is 5.76. The average Bonchev–Trinajstić information content (AvgIpc) is 2.90. The van der Waals surface area contributed by atoms with Gasteiger partial charge >= 0.3 is 0 Å². The van der Waals surface area contributed by atoms with E-state index >= 15 is 0 Å². The Bertz CT molecular complexity index is 852. The fraction of sp³-hybridized carbons (Fsp3) is 0.522. The van der Waals surface area contributed by atoms with Gasteiger partial charge in [0.25, 0.3) is 5.56 Å². The van der Waals surface area contributed by atoms with Crippen LogP contribution in [-0.4, -0.2) is 21.7 Å². The summed E-state index contributed by atoms with van der Waals surface area (Å²) in [5, 5.41) is 7.51. The molecule has 1 amide bonds. The van der Waals surface area contributed by atoms with Gasteiger partial charge in [-0.15, -0.1) is 0 Å². The third kappa shape index (κ3) is 5.31. The summed E-state index contributed by atoms with van der Waals surface area (Å²) in [6.07, 6.45) is 5.49. The maximum atomic E-state index is 12.6. The summed E-state index contributed by atoms with van der Waals surface area (Å²) in [6, 6.07) is 13.0. The zero-order valence-corrected chi connectivity index (χ0v) is 17.1. The molecule has 1 N–H and O–H groups in total. The van der Waals surface area contributed by atoms with Crippen LogP contribution < -0.4 is 10.9 Å². The Labute approximate surface area is 167 Å². The molecule has 1 saturated carbocycles. The molecular formula is C23H31N3O2. The lowest BCUT2D eigenvalue weighted by Crippen LogP contribution is -2.39. The van der Waals surface area contributed by atoms with E-state index in [2.05, 4.69) is 31.2 Å². The van der Waals surface area contributed by atoms with E-state index in [0.717, 1.165) is 31.2 Å². The summed E-state index contributed by atoms with van der Waals surface area (Å²) in [7, 11) is 0. The standard InChI is InChI=1S/C23H31N3O2/c1-23(2,3)18-10-7-11-19(13-12-18)24-21(27)16-26-22(28)15-14-20(25-26)17-8-5-4-6-9-17/h4-6,8-9,14-15,18-19H,7,10-13,16H2,1-3H3,(H,24,27). The summed E-state index contributed by atoms with van der Waals surface area (Å²) in [5.41, 5.74) is 1.67. The molecule has 1 fully saturated rings. The van der Waals surface area contributed by atoms with Crippen LogP contribution in [0.2, 0.25) is 0 Å². The van der Waals surface area contributed by atoms with Crippen LogP contribution in [-0.2, 0) is 11.3 Å². The van der Waals surface area contributed by atoms with Crippen molar-refractivity contribution < 1.29 is 4.79 Å². The largest absolute Gasteiger partial charge is 0.352 e. The molecule has 5 heteroatoms. The minimum absolute atomic E-state index is 0.0430. The molecule has 5 nitrogen and oxygen atoms in total. The number of nitrogens with zero attached hydrogens (tertiary/aromatic N) is 2. The summed E-state index contributed by atoms with van der Waals surface area (Å²) < 4.78 is 1.26. The van der Waals surface area contributed by atoms with Crippen molar-refractivity contribution in [3.63, 3.8) is 0 Å². The number of amides is 1. The lowest BCUT2D eigenvalue weighted by atomic mass is 9.76. The van der Waals surface area contributed by atoms with Gasteiger partial charge in [-0.05, 0) is 43.1 Å². The van der Waals surface area contributed by atoms with E-state index in [-0.39, 0.29) is 24.1 Å². The molecule has 1 aromatic heterocycles. The van der Waals surface area contributed by atoms with E-state index in [1.165, 1.54) is 17.2 Å². The highest BCUT2D eigenvalue weighted by Crippen LogP contribution is 2.36. The molecule has 1 aliphatic rings. The Morgan fingerprint density at radius 2 is 1.82 bits per heavy atom. The smallest absolute Gasteiger partial charge is 0.267 e. The van der Waals surface area contributed by atoms with Crippen LogP contribution >= 0.6 is 0 Å². The topological polar surface area (TPSA) is 64.0 Å². The molecule has 0 bridgehead atoms. The maximum Gasteiger partial charge on any atom is 0.267 e. The predicted molar refractivity (Wildman–Crippen MR) is 112 cm³/mol. The van der Waals surface area contributed by atoms with Gasteiger partial charge in [0.1, 0.15) is 6.54 Å². The Morgan fingerprint density at radius 3 is 2.54 bits per heavy atom. The van der Waals surface area contributed by atoms with Gasteiger partial charge in [0, 0.05) is 17.7 Å². The first-order valence-corrected chi connectivity index (χ1v) is 10.3. The monoisotopic (exact) mass is 381 g/mol. The van der Waals surface area contributed by atoms with E-state index in [4.69, 9.17) is 0 Å². The molecule has 1 aromatic carbocycles. The molecule has 0 spiro atoms. The van der Waals surface area contributed by atoms with E-state index in [9.17, 15) is 9.59 Å². The van der Waals surface area contributed by atoms with Crippen molar-refractivity contribution in [2.75, 3.05) is 0 Å². The lowest BCUT2D eigenvalue weighted by Gasteiger charge is -2.29. The van der Waals surface area contributed by atoms with Gasteiger partial charge in [0.05, 0.1) is 5.69 Å². The first-order valence-electron chi connectivity index (χ1n) is 10.3. The summed E-state index contributed by atoms with van der Waals surface area (Å²) >= 11 is 0. The number of nitrogens with one attached hydrogen (secondary N) is 1. The van der Waals surface area contributed by atoms with Crippen molar-refractivity contribution >= 4 is 5.91 Å². The fourth-order valence-corrected chi connectivity index (χ4v) is 4.05. The number of aromatic nitrogens is 2. The molecule has 0 saturated heterocycles. The minimum atomic E-state index is -0.261. The predicted octanol–water partition coefficient (Wildman–Crippen LogP) is 4.02. The van der Waals surface area contributed by atoms with Gasteiger partial charge < -0.3 is 5.32 Å². The Kier molecular flexibility index (Phi) is 6.32. The fourth-order valence-electron chi connectivity index (χ4n) is 4.05. The van der Waals surface area contributed by atoms with Crippen molar-refractivity contribution in [2.24, 2.45) is 11.3 Å². The Morgan fingerprint density at radius 1 is 1.07 bits per heavy atom. The molecule has 0 aliphatic heterocycles. The van der Waals surface area contributed by atoms with E-state index < -0.39 is 0 Å². The van der Waals surface area contributed by atoms with Crippen LogP contribution in [0.4, 0.5) is 0 Å². The molecule has 2 aromatic rings. The number of benzene rings is 1.